The standard InChI is InChI=1S/C17H24N4O3/c1-20-6-8-21(9-7-20)17(23)13-4-5-18-15(11-13)16(22)19-12-14-3-2-10-24-14/h4-5,11,14H,2-3,6-10,12H2,1H3,(H,19,22). The Morgan fingerprint density at radius 2 is 2.12 bits per heavy atom. The number of nitrogens with one attached hydrogen (secondary N) is 1. The molecule has 2 aliphatic heterocycles. The van der Waals surface area contributed by atoms with Gasteiger partial charge in [0.15, 0.2) is 0 Å². The molecule has 0 aliphatic carbocycles. The molecule has 0 aromatic carbocycles. The Labute approximate surface area is 142 Å². The summed E-state index contributed by atoms with van der Waals surface area (Å²) in [5, 5.41) is 2.83. The third-order valence-corrected chi connectivity index (χ3v) is 4.54. The highest BCUT2D eigenvalue weighted by atomic mass is 16.5. The zero-order valence-corrected chi connectivity index (χ0v) is 14.0. The summed E-state index contributed by atoms with van der Waals surface area (Å²) in [7, 11) is 2.05. The van der Waals surface area contributed by atoms with Crippen molar-refractivity contribution in [1.82, 2.24) is 20.1 Å². The van der Waals surface area contributed by atoms with E-state index in [0.29, 0.717) is 25.2 Å². The van der Waals surface area contributed by atoms with Crippen LogP contribution in [0.1, 0.15) is 33.7 Å². The van der Waals surface area contributed by atoms with Crippen LogP contribution in [0.15, 0.2) is 18.3 Å². The second-order valence-electron chi connectivity index (χ2n) is 6.37. The van der Waals surface area contributed by atoms with Crippen molar-refractivity contribution in [3.05, 3.63) is 29.6 Å². The Kier molecular flexibility index (Phi) is 5.42. The third kappa shape index (κ3) is 4.10. The first kappa shape index (κ1) is 16.9. The molecule has 7 nitrogen and oxygen atoms in total. The fourth-order valence-electron chi connectivity index (χ4n) is 2.98. The molecule has 2 amide bonds. The van der Waals surface area contributed by atoms with E-state index in [1.165, 1.54) is 6.20 Å². The van der Waals surface area contributed by atoms with Crippen molar-refractivity contribution in [3.8, 4) is 0 Å². The lowest BCUT2D eigenvalue weighted by Crippen LogP contribution is -2.47. The Bertz CT molecular complexity index is 593. The first-order valence-corrected chi connectivity index (χ1v) is 8.47. The van der Waals surface area contributed by atoms with Crippen molar-refractivity contribution < 1.29 is 14.3 Å². The Balaban J connectivity index is 1.60. The summed E-state index contributed by atoms with van der Waals surface area (Å²) in [6.45, 7) is 4.39. The van der Waals surface area contributed by atoms with Gasteiger partial charge in [-0.15, -0.1) is 0 Å². The van der Waals surface area contributed by atoms with Crippen LogP contribution in [0.2, 0.25) is 0 Å². The maximum absolute atomic E-state index is 12.6. The van der Waals surface area contributed by atoms with Gasteiger partial charge in [-0.05, 0) is 32.0 Å². The number of aromatic nitrogens is 1. The molecule has 7 heteroatoms. The molecule has 1 aromatic rings. The van der Waals surface area contributed by atoms with Gasteiger partial charge in [-0.1, -0.05) is 0 Å². The van der Waals surface area contributed by atoms with Crippen molar-refractivity contribution >= 4 is 11.8 Å². The van der Waals surface area contributed by atoms with Crippen LogP contribution in [0, 0.1) is 0 Å². The highest BCUT2D eigenvalue weighted by molar-refractivity contribution is 5.98. The first-order chi connectivity index (χ1) is 11.6. The van der Waals surface area contributed by atoms with Gasteiger partial charge in [-0.3, -0.25) is 14.6 Å². The quantitative estimate of drug-likeness (QED) is 0.863. The van der Waals surface area contributed by atoms with Gasteiger partial charge in [-0.2, -0.15) is 0 Å². The summed E-state index contributed by atoms with van der Waals surface area (Å²) in [5.74, 6) is -0.308. The molecule has 2 fully saturated rings. The fraction of sp³-hybridized carbons (Fsp3) is 0.588. The molecule has 1 atom stereocenters. The number of amides is 2. The molecule has 2 saturated heterocycles. The molecule has 0 bridgehead atoms. The smallest absolute Gasteiger partial charge is 0.269 e. The maximum Gasteiger partial charge on any atom is 0.269 e. The molecular weight excluding hydrogens is 308 g/mol. The van der Waals surface area contributed by atoms with Gasteiger partial charge in [0.2, 0.25) is 0 Å². The first-order valence-electron chi connectivity index (χ1n) is 8.47. The summed E-state index contributed by atoms with van der Waals surface area (Å²) in [5.41, 5.74) is 0.782. The van der Waals surface area contributed by atoms with Crippen LogP contribution in [-0.2, 0) is 4.74 Å². The second kappa shape index (κ2) is 7.72. The lowest BCUT2D eigenvalue weighted by atomic mass is 10.1. The van der Waals surface area contributed by atoms with Gasteiger partial charge in [0.25, 0.3) is 11.8 Å². The second-order valence-corrected chi connectivity index (χ2v) is 6.37. The third-order valence-electron chi connectivity index (χ3n) is 4.54. The zero-order chi connectivity index (χ0) is 16.9. The highest BCUT2D eigenvalue weighted by Gasteiger charge is 2.22. The summed E-state index contributed by atoms with van der Waals surface area (Å²) in [4.78, 5) is 32.9. The monoisotopic (exact) mass is 332 g/mol. The average molecular weight is 332 g/mol. The zero-order valence-electron chi connectivity index (χ0n) is 14.0. The van der Waals surface area contributed by atoms with Crippen LogP contribution in [0.4, 0.5) is 0 Å². The molecule has 3 rings (SSSR count). The lowest BCUT2D eigenvalue weighted by Gasteiger charge is -2.32. The predicted octanol–water partition coefficient (Wildman–Crippen LogP) is 0.378. The molecule has 0 radical (unpaired) electrons. The number of pyridine rings is 1. The van der Waals surface area contributed by atoms with E-state index in [9.17, 15) is 9.59 Å². The number of hydrogen-bond acceptors (Lipinski definition) is 5. The largest absolute Gasteiger partial charge is 0.376 e. The number of carbonyl (C=O) groups excluding carboxylic acids is 2. The number of hydrogen-bond donors (Lipinski definition) is 1. The molecular formula is C17H24N4O3. The Morgan fingerprint density at radius 1 is 1.33 bits per heavy atom. The van der Waals surface area contributed by atoms with Crippen molar-refractivity contribution in [2.75, 3.05) is 46.4 Å². The molecule has 0 saturated carbocycles. The summed E-state index contributed by atoms with van der Waals surface area (Å²) < 4.78 is 5.49. The van der Waals surface area contributed by atoms with Crippen LogP contribution in [-0.4, -0.2) is 79.1 Å². The van der Waals surface area contributed by atoms with Gasteiger partial charge in [-0.25, -0.2) is 0 Å². The molecule has 3 heterocycles. The van der Waals surface area contributed by atoms with Crippen molar-refractivity contribution in [3.63, 3.8) is 0 Å². The van der Waals surface area contributed by atoms with Gasteiger partial charge in [0, 0.05) is 51.1 Å². The minimum absolute atomic E-state index is 0.0429. The van der Waals surface area contributed by atoms with E-state index in [4.69, 9.17) is 4.74 Å². The van der Waals surface area contributed by atoms with Crippen molar-refractivity contribution in [2.45, 2.75) is 18.9 Å². The molecule has 1 N–H and O–H groups in total. The number of rotatable bonds is 4. The van der Waals surface area contributed by atoms with Crippen LogP contribution in [0.5, 0.6) is 0 Å². The van der Waals surface area contributed by atoms with E-state index >= 15 is 0 Å². The Hall–Kier alpha value is -1.99. The molecule has 0 spiro atoms. The van der Waals surface area contributed by atoms with E-state index in [2.05, 4.69) is 15.2 Å². The van der Waals surface area contributed by atoms with Gasteiger partial charge < -0.3 is 19.9 Å². The van der Waals surface area contributed by atoms with Crippen LogP contribution in [0.3, 0.4) is 0 Å². The number of likely N-dealkylation sites (N-methyl/N-ethyl adjacent to an activating group) is 1. The molecule has 130 valence electrons. The van der Waals surface area contributed by atoms with E-state index in [1.54, 1.807) is 12.1 Å². The normalized spacial score (nSPS) is 21.7. The van der Waals surface area contributed by atoms with Crippen molar-refractivity contribution in [2.24, 2.45) is 0 Å². The summed E-state index contributed by atoms with van der Waals surface area (Å²) in [6.07, 6.45) is 3.61. The predicted molar refractivity (Wildman–Crippen MR) is 88.9 cm³/mol. The SMILES string of the molecule is CN1CCN(C(=O)c2ccnc(C(=O)NCC3CCCO3)c2)CC1. The number of carbonyl (C=O) groups is 2. The van der Waals surface area contributed by atoms with E-state index in [1.807, 2.05) is 11.9 Å². The van der Waals surface area contributed by atoms with Gasteiger partial charge >= 0.3 is 0 Å². The number of piperazine rings is 1. The van der Waals surface area contributed by atoms with Gasteiger partial charge in [0.05, 0.1) is 6.10 Å². The molecule has 1 unspecified atom stereocenters. The maximum atomic E-state index is 12.6. The average Bonchev–Trinajstić information content (AvgIpc) is 3.13. The molecule has 2 aliphatic rings. The topological polar surface area (TPSA) is 74.8 Å². The van der Waals surface area contributed by atoms with Crippen LogP contribution >= 0.6 is 0 Å². The van der Waals surface area contributed by atoms with E-state index in [0.717, 1.165) is 32.5 Å². The van der Waals surface area contributed by atoms with Crippen LogP contribution < -0.4 is 5.32 Å². The summed E-state index contributed by atoms with van der Waals surface area (Å²) in [6, 6.07) is 3.24. The molecule has 24 heavy (non-hydrogen) atoms. The van der Waals surface area contributed by atoms with Gasteiger partial charge in [0.1, 0.15) is 5.69 Å². The number of nitrogens with zero attached hydrogens (tertiary/aromatic N) is 3. The van der Waals surface area contributed by atoms with Crippen molar-refractivity contribution in [1.29, 1.82) is 0 Å². The Morgan fingerprint density at radius 3 is 2.83 bits per heavy atom. The summed E-state index contributed by atoms with van der Waals surface area (Å²) >= 11 is 0. The minimum atomic E-state index is -0.265. The highest BCUT2D eigenvalue weighted by Crippen LogP contribution is 2.12. The van der Waals surface area contributed by atoms with E-state index in [-0.39, 0.29) is 23.6 Å². The van der Waals surface area contributed by atoms with E-state index < -0.39 is 0 Å². The number of ether oxygens (including phenoxy) is 1. The lowest BCUT2D eigenvalue weighted by molar-refractivity contribution is 0.0664. The fourth-order valence-corrected chi connectivity index (χ4v) is 2.98. The van der Waals surface area contributed by atoms with Crippen LogP contribution in [0.25, 0.3) is 0 Å². The molecule has 1 aromatic heterocycles. The minimum Gasteiger partial charge on any atom is -0.376 e.